The Morgan fingerprint density at radius 3 is 2.67 bits per heavy atom. The maximum Gasteiger partial charge on any atom is 0.255 e. The summed E-state index contributed by atoms with van der Waals surface area (Å²) in [7, 11) is 0. The third-order valence-electron chi connectivity index (χ3n) is 5.66. The first-order chi connectivity index (χ1) is 16.2. The number of carbonyl (C=O) groups excluding carboxylic acids is 1. The number of aromatic amines is 1. The van der Waals surface area contributed by atoms with E-state index < -0.39 is 0 Å². The van der Waals surface area contributed by atoms with E-state index in [1.54, 1.807) is 18.3 Å². The number of H-pyrrole nitrogens is 1. The number of rotatable bonds is 6. The number of benzene rings is 2. The van der Waals surface area contributed by atoms with Gasteiger partial charge in [0.2, 0.25) is 0 Å². The van der Waals surface area contributed by atoms with Crippen LogP contribution in [0.15, 0.2) is 66.9 Å². The Bertz CT molecular complexity index is 1240. The highest BCUT2D eigenvalue weighted by atomic mass is 32.1. The van der Waals surface area contributed by atoms with Crippen LogP contribution in [-0.4, -0.2) is 44.5 Å². The van der Waals surface area contributed by atoms with Crippen LogP contribution in [0.25, 0.3) is 11.0 Å². The highest BCUT2D eigenvalue weighted by Gasteiger charge is 2.20. The van der Waals surface area contributed by atoms with E-state index in [1.807, 2.05) is 52.8 Å². The predicted molar refractivity (Wildman–Crippen MR) is 135 cm³/mol. The van der Waals surface area contributed by atoms with Crippen LogP contribution >= 0.6 is 12.8 Å². The van der Waals surface area contributed by atoms with Crippen LogP contribution in [0.1, 0.15) is 23.2 Å². The SMILES string of the molecule is O=C(Nc1ccccc1)c1ccc(Nc2ccnc3[nH]nc(NC4CCCN(S)C4)c23)cc1. The Morgan fingerprint density at radius 2 is 1.88 bits per heavy atom. The number of piperidine rings is 1. The first-order valence-corrected chi connectivity index (χ1v) is 11.3. The van der Waals surface area contributed by atoms with Gasteiger partial charge in [0.15, 0.2) is 11.5 Å². The molecule has 168 valence electrons. The van der Waals surface area contributed by atoms with Gasteiger partial charge >= 0.3 is 0 Å². The number of pyridine rings is 1. The lowest BCUT2D eigenvalue weighted by molar-refractivity contribution is 0.102. The first-order valence-electron chi connectivity index (χ1n) is 10.9. The normalized spacial score (nSPS) is 16.5. The molecule has 5 rings (SSSR count). The summed E-state index contributed by atoms with van der Waals surface area (Å²) in [5.74, 6) is 0.624. The minimum Gasteiger partial charge on any atom is -0.364 e. The first kappa shape index (κ1) is 21.3. The van der Waals surface area contributed by atoms with E-state index in [2.05, 4.69) is 43.9 Å². The summed E-state index contributed by atoms with van der Waals surface area (Å²) in [5, 5.41) is 18.3. The number of hydrogen-bond donors (Lipinski definition) is 5. The molecule has 0 radical (unpaired) electrons. The molecule has 33 heavy (non-hydrogen) atoms. The Kier molecular flexibility index (Phi) is 6.14. The van der Waals surface area contributed by atoms with Crippen molar-refractivity contribution in [1.82, 2.24) is 19.5 Å². The molecule has 8 nitrogen and oxygen atoms in total. The summed E-state index contributed by atoms with van der Waals surface area (Å²) in [6.07, 6.45) is 3.91. The minimum absolute atomic E-state index is 0.147. The molecule has 0 bridgehead atoms. The molecule has 0 saturated carbocycles. The van der Waals surface area contributed by atoms with Gasteiger partial charge in [0.25, 0.3) is 5.91 Å². The van der Waals surface area contributed by atoms with Gasteiger partial charge in [-0.3, -0.25) is 14.2 Å². The Hall–Kier alpha value is -3.56. The van der Waals surface area contributed by atoms with Gasteiger partial charge in [0.1, 0.15) is 0 Å². The fraction of sp³-hybridized carbons (Fsp3) is 0.208. The summed E-state index contributed by atoms with van der Waals surface area (Å²) >= 11 is 4.49. The van der Waals surface area contributed by atoms with E-state index in [-0.39, 0.29) is 11.9 Å². The van der Waals surface area contributed by atoms with Crippen molar-refractivity contribution < 1.29 is 4.79 Å². The van der Waals surface area contributed by atoms with Crippen LogP contribution in [0, 0.1) is 0 Å². The van der Waals surface area contributed by atoms with Gasteiger partial charge in [-0.05, 0) is 55.3 Å². The van der Waals surface area contributed by atoms with Crippen LogP contribution in [0.3, 0.4) is 0 Å². The maximum atomic E-state index is 12.5. The average Bonchev–Trinajstić information content (AvgIpc) is 3.24. The second-order valence-electron chi connectivity index (χ2n) is 8.07. The lowest BCUT2D eigenvalue weighted by atomic mass is 10.1. The molecule has 1 saturated heterocycles. The van der Waals surface area contributed by atoms with Crippen LogP contribution < -0.4 is 16.0 Å². The Labute approximate surface area is 197 Å². The standard InChI is InChI=1S/C24H25N7OS/c32-24(28-17-5-2-1-3-6-17)16-8-10-18(11-9-16)26-20-12-13-25-22-21(20)23(30-29-22)27-19-7-4-14-31(33)15-19/h1-3,5-6,8-13,19,33H,4,7,14-15H2,(H,28,32)(H3,25,26,27,29,30). The average molecular weight is 460 g/mol. The van der Waals surface area contributed by atoms with Crippen molar-refractivity contribution in [3.63, 3.8) is 0 Å². The number of nitrogens with one attached hydrogen (secondary N) is 4. The molecule has 1 aliphatic heterocycles. The van der Waals surface area contributed by atoms with Crippen molar-refractivity contribution in [2.75, 3.05) is 29.0 Å². The smallest absolute Gasteiger partial charge is 0.255 e. The van der Waals surface area contributed by atoms with Gasteiger partial charge in [-0.15, -0.1) is 0 Å². The highest BCUT2D eigenvalue weighted by Crippen LogP contribution is 2.31. The van der Waals surface area contributed by atoms with Crippen molar-refractivity contribution in [2.45, 2.75) is 18.9 Å². The molecule has 4 N–H and O–H groups in total. The van der Waals surface area contributed by atoms with Gasteiger partial charge in [0.05, 0.1) is 11.1 Å². The molecule has 1 amide bonds. The van der Waals surface area contributed by atoms with Crippen molar-refractivity contribution in [1.29, 1.82) is 0 Å². The molecular weight excluding hydrogens is 434 g/mol. The van der Waals surface area contributed by atoms with Crippen molar-refractivity contribution in [3.05, 3.63) is 72.4 Å². The van der Waals surface area contributed by atoms with E-state index in [9.17, 15) is 4.79 Å². The second kappa shape index (κ2) is 9.51. The molecule has 9 heteroatoms. The van der Waals surface area contributed by atoms with Gasteiger partial charge in [-0.1, -0.05) is 31.0 Å². The Balaban J connectivity index is 1.32. The largest absolute Gasteiger partial charge is 0.364 e. The molecule has 1 unspecified atom stereocenters. The molecule has 0 spiro atoms. The number of thiol groups is 1. The van der Waals surface area contributed by atoms with E-state index >= 15 is 0 Å². The molecule has 2 aromatic carbocycles. The molecule has 1 aliphatic rings. The van der Waals surface area contributed by atoms with E-state index in [0.717, 1.165) is 54.2 Å². The van der Waals surface area contributed by atoms with Crippen molar-refractivity contribution in [2.24, 2.45) is 0 Å². The molecule has 1 atom stereocenters. The predicted octanol–water partition coefficient (Wildman–Crippen LogP) is 4.67. The summed E-state index contributed by atoms with van der Waals surface area (Å²) in [4.78, 5) is 16.9. The molecular formula is C24H25N7OS. The highest BCUT2D eigenvalue weighted by molar-refractivity contribution is 7.77. The van der Waals surface area contributed by atoms with E-state index in [4.69, 9.17) is 0 Å². The summed E-state index contributed by atoms with van der Waals surface area (Å²) in [6, 6.07) is 19.0. The number of anilines is 4. The summed E-state index contributed by atoms with van der Waals surface area (Å²) in [5.41, 5.74) is 3.81. The summed E-state index contributed by atoms with van der Waals surface area (Å²) in [6.45, 7) is 1.85. The molecule has 0 aliphatic carbocycles. The molecule has 1 fully saturated rings. The number of amides is 1. The topological polar surface area (TPSA) is 98.0 Å². The maximum absolute atomic E-state index is 12.5. The summed E-state index contributed by atoms with van der Waals surface area (Å²) < 4.78 is 2.03. The van der Waals surface area contributed by atoms with E-state index in [1.165, 1.54) is 0 Å². The minimum atomic E-state index is -0.147. The van der Waals surface area contributed by atoms with Crippen LogP contribution in [0.5, 0.6) is 0 Å². The quantitative estimate of drug-likeness (QED) is 0.269. The third-order valence-corrected chi connectivity index (χ3v) is 6.02. The van der Waals surface area contributed by atoms with Crippen LogP contribution in [0.4, 0.5) is 22.9 Å². The molecule has 4 aromatic rings. The Morgan fingerprint density at radius 1 is 1.06 bits per heavy atom. The van der Waals surface area contributed by atoms with Crippen LogP contribution in [-0.2, 0) is 0 Å². The van der Waals surface area contributed by atoms with Gasteiger partial charge in [-0.2, -0.15) is 5.10 Å². The molecule has 3 heterocycles. The third kappa shape index (κ3) is 4.94. The number of aromatic nitrogens is 3. The second-order valence-corrected chi connectivity index (χ2v) is 8.64. The monoisotopic (exact) mass is 459 g/mol. The van der Waals surface area contributed by atoms with Gasteiger partial charge < -0.3 is 16.0 Å². The van der Waals surface area contributed by atoms with Gasteiger partial charge in [0, 0.05) is 42.3 Å². The molecule has 2 aromatic heterocycles. The van der Waals surface area contributed by atoms with Crippen molar-refractivity contribution >= 4 is 52.6 Å². The number of carbonyl (C=O) groups is 1. The zero-order chi connectivity index (χ0) is 22.6. The fourth-order valence-corrected chi connectivity index (χ4v) is 4.35. The lowest BCUT2D eigenvalue weighted by Gasteiger charge is -2.29. The number of para-hydroxylation sites is 1. The zero-order valence-electron chi connectivity index (χ0n) is 18.0. The van der Waals surface area contributed by atoms with Crippen LogP contribution in [0.2, 0.25) is 0 Å². The van der Waals surface area contributed by atoms with Gasteiger partial charge in [-0.25, -0.2) is 4.98 Å². The lowest BCUT2D eigenvalue weighted by Crippen LogP contribution is -2.37. The number of hydrogen-bond acceptors (Lipinski definition) is 7. The van der Waals surface area contributed by atoms with E-state index in [0.29, 0.717) is 11.2 Å². The zero-order valence-corrected chi connectivity index (χ0v) is 18.8. The number of fused-ring (bicyclic) bond motifs is 1. The fourth-order valence-electron chi connectivity index (χ4n) is 4.01. The number of nitrogens with zero attached hydrogens (tertiary/aromatic N) is 3. The van der Waals surface area contributed by atoms with Crippen molar-refractivity contribution in [3.8, 4) is 0 Å².